The fraction of sp³-hybridized carbons (Fsp3) is 0.571. The van der Waals surface area contributed by atoms with Crippen LogP contribution in [-0.4, -0.2) is 20.8 Å². The Kier molecular flexibility index (Phi) is 2.34. The molecule has 1 aromatic heterocycles. The quantitative estimate of drug-likeness (QED) is 0.732. The van der Waals surface area contributed by atoms with Crippen molar-refractivity contribution in [1.29, 1.82) is 0 Å². The van der Waals surface area contributed by atoms with E-state index in [0.717, 1.165) is 6.20 Å². The van der Waals surface area contributed by atoms with Gasteiger partial charge in [0, 0.05) is 7.05 Å². The first-order chi connectivity index (χ1) is 5.84. The van der Waals surface area contributed by atoms with Gasteiger partial charge in [0.2, 0.25) is 0 Å². The van der Waals surface area contributed by atoms with E-state index in [4.69, 9.17) is 5.11 Å². The van der Waals surface area contributed by atoms with Crippen molar-refractivity contribution in [3.8, 4) is 0 Å². The molecule has 0 bridgehead atoms. The zero-order valence-electron chi connectivity index (χ0n) is 7.13. The van der Waals surface area contributed by atoms with E-state index in [1.54, 1.807) is 6.92 Å². The summed E-state index contributed by atoms with van der Waals surface area (Å²) in [5.41, 5.74) is -0.245. The normalized spacial score (nSPS) is 14.6. The third-order valence-electron chi connectivity index (χ3n) is 1.85. The van der Waals surface area contributed by atoms with E-state index >= 15 is 0 Å². The molecule has 6 heteroatoms. The lowest BCUT2D eigenvalue weighted by Crippen LogP contribution is -2.22. The summed E-state index contributed by atoms with van der Waals surface area (Å²) in [7, 11) is 1.42. The zero-order chi connectivity index (χ0) is 10.2. The zero-order valence-corrected chi connectivity index (χ0v) is 7.13. The summed E-state index contributed by atoms with van der Waals surface area (Å²) < 4.78 is 37.3. The van der Waals surface area contributed by atoms with Gasteiger partial charge in [-0.05, 0) is 6.92 Å². The van der Waals surface area contributed by atoms with Crippen molar-refractivity contribution in [2.24, 2.45) is 7.05 Å². The molecule has 13 heavy (non-hydrogen) atoms. The Morgan fingerprint density at radius 3 is 2.38 bits per heavy atom. The van der Waals surface area contributed by atoms with E-state index < -0.39 is 12.3 Å². The Bertz CT molecular complexity index is 305. The van der Waals surface area contributed by atoms with Crippen LogP contribution >= 0.6 is 0 Å². The van der Waals surface area contributed by atoms with Gasteiger partial charge in [0.05, 0.1) is 11.9 Å². The molecule has 1 atom stereocenters. The van der Waals surface area contributed by atoms with Crippen LogP contribution in [0.15, 0.2) is 6.20 Å². The number of aryl methyl sites for hydroxylation is 1. The van der Waals surface area contributed by atoms with Gasteiger partial charge in [0.25, 0.3) is 0 Å². The second-order valence-corrected chi connectivity index (χ2v) is 2.73. The Hall–Kier alpha value is -1.04. The van der Waals surface area contributed by atoms with E-state index in [9.17, 15) is 13.2 Å². The van der Waals surface area contributed by atoms with E-state index in [-0.39, 0.29) is 5.69 Å². The predicted molar refractivity (Wildman–Crippen MR) is 39.0 cm³/mol. The average Bonchev–Trinajstić information content (AvgIpc) is 2.30. The Balaban J connectivity index is 3.02. The van der Waals surface area contributed by atoms with E-state index in [1.807, 2.05) is 0 Å². The topological polar surface area (TPSA) is 38.1 Å². The van der Waals surface area contributed by atoms with Crippen LogP contribution in [0.4, 0.5) is 13.2 Å². The second-order valence-electron chi connectivity index (χ2n) is 2.73. The number of rotatable bonds is 1. The van der Waals surface area contributed by atoms with Gasteiger partial charge >= 0.3 is 6.18 Å². The molecule has 0 amide bonds. The number of aliphatic hydroxyl groups is 1. The molecular weight excluding hydrogens is 185 g/mol. The fourth-order valence-corrected chi connectivity index (χ4v) is 0.941. The van der Waals surface area contributed by atoms with Crippen LogP contribution in [0.5, 0.6) is 0 Å². The largest absolute Gasteiger partial charge is 0.420 e. The molecule has 0 saturated carbocycles. The Morgan fingerprint density at radius 2 is 2.08 bits per heavy atom. The highest BCUT2D eigenvalue weighted by molar-refractivity contribution is 5.08. The molecule has 74 valence electrons. The number of aromatic nitrogens is 2. The monoisotopic (exact) mass is 194 g/mol. The summed E-state index contributed by atoms with van der Waals surface area (Å²) in [5, 5.41) is 8.87. The van der Waals surface area contributed by atoms with Crippen molar-refractivity contribution in [1.82, 2.24) is 9.55 Å². The molecule has 0 spiro atoms. The molecule has 0 aromatic carbocycles. The molecule has 1 rings (SSSR count). The highest BCUT2D eigenvalue weighted by atomic mass is 19.4. The van der Waals surface area contributed by atoms with E-state index in [2.05, 4.69) is 4.98 Å². The number of nitrogens with zero attached hydrogens (tertiary/aromatic N) is 2. The second kappa shape index (κ2) is 3.02. The molecule has 0 fully saturated rings. The molecule has 1 heterocycles. The average molecular weight is 194 g/mol. The van der Waals surface area contributed by atoms with Gasteiger partial charge in [-0.15, -0.1) is 0 Å². The first kappa shape index (κ1) is 10.0. The van der Waals surface area contributed by atoms with Crippen molar-refractivity contribution in [3.63, 3.8) is 0 Å². The minimum absolute atomic E-state index is 0.245. The lowest BCUT2D eigenvalue weighted by atomic mass is 10.2. The molecule has 0 saturated heterocycles. The maximum absolute atomic E-state index is 12.0. The van der Waals surface area contributed by atoms with Crippen LogP contribution in [-0.2, 0) is 7.05 Å². The van der Waals surface area contributed by atoms with Crippen molar-refractivity contribution >= 4 is 0 Å². The van der Waals surface area contributed by atoms with E-state index in [1.165, 1.54) is 11.6 Å². The summed E-state index contributed by atoms with van der Waals surface area (Å²) in [6.45, 7) is 1.56. The van der Waals surface area contributed by atoms with Crippen LogP contribution in [0, 0.1) is 6.92 Å². The van der Waals surface area contributed by atoms with Crippen LogP contribution in [0.25, 0.3) is 0 Å². The van der Waals surface area contributed by atoms with Crippen molar-refractivity contribution < 1.29 is 18.3 Å². The first-order valence-electron chi connectivity index (χ1n) is 3.57. The fourth-order valence-electron chi connectivity index (χ4n) is 0.941. The number of hydrogen-bond acceptors (Lipinski definition) is 2. The van der Waals surface area contributed by atoms with Crippen molar-refractivity contribution in [2.45, 2.75) is 19.2 Å². The number of hydrogen-bond donors (Lipinski definition) is 1. The maximum Gasteiger partial charge on any atom is 0.420 e. The van der Waals surface area contributed by atoms with Gasteiger partial charge < -0.3 is 9.67 Å². The molecule has 0 radical (unpaired) electrons. The molecule has 0 aliphatic rings. The highest BCUT2D eigenvalue weighted by Crippen LogP contribution is 2.32. The molecule has 1 aromatic rings. The van der Waals surface area contributed by atoms with Gasteiger partial charge in [-0.25, -0.2) is 4.98 Å². The van der Waals surface area contributed by atoms with Crippen molar-refractivity contribution in [3.05, 3.63) is 17.7 Å². The van der Waals surface area contributed by atoms with Crippen LogP contribution in [0.3, 0.4) is 0 Å². The molecule has 3 nitrogen and oxygen atoms in total. The molecule has 0 aliphatic heterocycles. The molecular formula is C7H9F3N2O. The number of imidazole rings is 1. The minimum Gasteiger partial charge on any atom is -0.378 e. The number of halogens is 3. The van der Waals surface area contributed by atoms with Gasteiger partial charge in [-0.1, -0.05) is 0 Å². The maximum atomic E-state index is 12.0. The van der Waals surface area contributed by atoms with E-state index in [0.29, 0.717) is 5.82 Å². The van der Waals surface area contributed by atoms with Gasteiger partial charge in [-0.2, -0.15) is 13.2 Å². The Morgan fingerprint density at radius 1 is 1.54 bits per heavy atom. The number of aliphatic hydroxyl groups excluding tert-OH is 1. The minimum atomic E-state index is -4.64. The summed E-state index contributed by atoms with van der Waals surface area (Å²) in [5.74, 6) is 0.429. The first-order valence-corrected chi connectivity index (χ1v) is 3.57. The highest BCUT2D eigenvalue weighted by Gasteiger charge is 2.41. The van der Waals surface area contributed by atoms with Crippen LogP contribution in [0.2, 0.25) is 0 Å². The lowest BCUT2D eigenvalue weighted by Gasteiger charge is -2.14. The summed E-state index contributed by atoms with van der Waals surface area (Å²) in [6, 6.07) is 0. The third kappa shape index (κ3) is 1.82. The van der Waals surface area contributed by atoms with Crippen LogP contribution < -0.4 is 0 Å². The lowest BCUT2D eigenvalue weighted by molar-refractivity contribution is -0.208. The summed E-state index contributed by atoms with van der Waals surface area (Å²) >= 11 is 0. The Labute approximate surface area is 72.8 Å². The molecule has 0 aliphatic carbocycles. The van der Waals surface area contributed by atoms with Gasteiger partial charge in [-0.3, -0.25) is 0 Å². The summed E-state index contributed by atoms with van der Waals surface area (Å²) in [4.78, 5) is 3.65. The van der Waals surface area contributed by atoms with Gasteiger partial charge in [0.1, 0.15) is 5.82 Å². The predicted octanol–water partition coefficient (Wildman–Crippen LogP) is 1.32. The summed E-state index contributed by atoms with van der Waals surface area (Å²) in [6.07, 6.45) is -6.08. The smallest absolute Gasteiger partial charge is 0.378 e. The SMILES string of the molecule is Cc1ncc(C(O)C(F)(F)F)n1C. The van der Waals surface area contributed by atoms with Crippen molar-refractivity contribution in [2.75, 3.05) is 0 Å². The van der Waals surface area contributed by atoms with Crippen LogP contribution in [0.1, 0.15) is 17.6 Å². The standard InChI is InChI=1S/C7H9F3N2O/c1-4-11-3-5(12(4)2)6(13)7(8,9)10/h3,6,13H,1-2H3. The molecule has 1 unspecified atom stereocenters. The number of alkyl halides is 3. The molecule has 1 N–H and O–H groups in total. The third-order valence-corrected chi connectivity index (χ3v) is 1.85. The van der Waals surface area contributed by atoms with Gasteiger partial charge in [0.15, 0.2) is 6.10 Å².